The summed E-state index contributed by atoms with van der Waals surface area (Å²) in [5.41, 5.74) is 7.03. The highest BCUT2D eigenvalue weighted by Crippen LogP contribution is 2.29. The number of rotatable bonds is 6. The molecule has 3 N–H and O–H groups in total. The number of oxime groups is 1. The van der Waals surface area contributed by atoms with Gasteiger partial charge in [0.2, 0.25) is 5.91 Å². The van der Waals surface area contributed by atoms with Crippen LogP contribution in [0, 0.1) is 0 Å². The van der Waals surface area contributed by atoms with Crippen LogP contribution in [-0.4, -0.2) is 30.8 Å². The molecule has 8 heteroatoms. The van der Waals surface area contributed by atoms with Crippen LogP contribution in [0.4, 0.5) is 11.4 Å². The number of benzene rings is 1. The maximum absolute atomic E-state index is 12.1. The first-order chi connectivity index (χ1) is 12.1. The van der Waals surface area contributed by atoms with E-state index in [1.54, 1.807) is 17.0 Å². The number of para-hydroxylation sites is 2. The minimum Gasteiger partial charge on any atom is -0.384 e. The monoisotopic (exact) mass is 358 g/mol. The van der Waals surface area contributed by atoms with Crippen LogP contribution < -0.4 is 16.0 Å². The number of hydrogen-bond donors (Lipinski definition) is 2. The summed E-state index contributed by atoms with van der Waals surface area (Å²) in [5, 5.41) is 8.37. The minimum atomic E-state index is -0.373. The van der Waals surface area contributed by atoms with Crippen LogP contribution >= 0.6 is 11.3 Å². The van der Waals surface area contributed by atoms with E-state index in [4.69, 9.17) is 10.6 Å². The van der Waals surface area contributed by atoms with Crippen molar-refractivity contribution in [2.24, 2.45) is 10.9 Å². The summed E-state index contributed by atoms with van der Waals surface area (Å²) in [4.78, 5) is 31.5. The standard InChI is InChI=1S/C17H18N4O3S/c18-17(14-7-4-10-25-14)20-24-11-15(22)19-12-5-1-2-6-13(12)21-9-3-8-16(21)23/h1-2,4-7,10H,3,8-9,11H2,(H2,18,20)(H,19,22). The van der Waals surface area contributed by atoms with E-state index >= 15 is 0 Å². The average Bonchev–Trinajstić information content (AvgIpc) is 3.27. The number of thiophene rings is 1. The first kappa shape index (κ1) is 17.0. The molecule has 2 heterocycles. The number of carbonyl (C=O) groups excluding carboxylic acids is 2. The molecule has 1 aliphatic heterocycles. The predicted octanol–water partition coefficient (Wildman–Crippen LogP) is 2.15. The van der Waals surface area contributed by atoms with Crippen LogP contribution in [0.15, 0.2) is 46.9 Å². The summed E-state index contributed by atoms with van der Waals surface area (Å²) in [6, 6.07) is 10.9. The molecular formula is C17H18N4O3S. The van der Waals surface area contributed by atoms with Gasteiger partial charge in [-0.2, -0.15) is 0 Å². The third-order valence-electron chi connectivity index (χ3n) is 3.67. The third-order valence-corrected chi connectivity index (χ3v) is 4.57. The molecule has 2 aromatic rings. The second-order valence-electron chi connectivity index (χ2n) is 5.44. The molecule has 1 saturated heterocycles. The van der Waals surface area contributed by atoms with Gasteiger partial charge in [-0.15, -0.1) is 11.3 Å². The van der Waals surface area contributed by atoms with Gasteiger partial charge in [0.15, 0.2) is 12.4 Å². The smallest absolute Gasteiger partial charge is 0.265 e. The van der Waals surface area contributed by atoms with Crippen molar-refractivity contribution in [3.8, 4) is 0 Å². The molecule has 0 radical (unpaired) electrons. The highest BCUT2D eigenvalue weighted by molar-refractivity contribution is 7.12. The van der Waals surface area contributed by atoms with E-state index in [9.17, 15) is 9.59 Å². The fourth-order valence-electron chi connectivity index (χ4n) is 2.53. The van der Waals surface area contributed by atoms with Crippen LogP contribution in [0.5, 0.6) is 0 Å². The molecule has 0 bridgehead atoms. The third kappa shape index (κ3) is 4.16. The fourth-order valence-corrected chi connectivity index (χ4v) is 3.15. The molecule has 0 unspecified atom stereocenters. The molecule has 25 heavy (non-hydrogen) atoms. The van der Waals surface area contributed by atoms with Crippen molar-refractivity contribution in [2.75, 3.05) is 23.4 Å². The molecular weight excluding hydrogens is 340 g/mol. The van der Waals surface area contributed by atoms with Gasteiger partial charge >= 0.3 is 0 Å². The molecule has 3 rings (SSSR count). The number of nitrogens with two attached hydrogens (primary N) is 1. The van der Waals surface area contributed by atoms with Crippen molar-refractivity contribution in [3.63, 3.8) is 0 Å². The van der Waals surface area contributed by atoms with E-state index in [0.717, 1.165) is 11.3 Å². The fraction of sp³-hybridized carbons (Fsp3) is 0.235. The minimum absolute atomic E-state index is 0.0614. The van der Waals surface area contributed by atoms with E-state index in [1.165, 1.54) is 11.3 Å². The summed E-state index contributed by atoms with van der Waals surface area (Å²) in [5.74, 6) is -0.0843. The number of nitrogens with zero attached hydrogens (tertiary/aromatic N) is 2. The average molecular weight is 358 g/mol. The van der Waals surface area contributed by atoms with E-state index < -0.39 is 0 Å². The molecule has 0 atom stereocenters. The van der Waals surface area contributed by atoms with Gasteiger partial charge in [-0.25, -0.2) is 0 Å². The van der Waals surface area contributed by atoms with E-state index in [1.807, 2.05) is 29.6 Å². The molecule has 1 aliphatic rings. The number of anilines is 2. The van der Waals surface area contributed by atoms with Crippen molar-refractivity contribution in [2.45, 2.75) is 12.8 Å². The number of carbonyl (C=O) groups is 2. The summed E-state index contributed by atoms with van der Waals surface area (Å²) >= 11 is 1.43. The topological polar surface area (TPSA) is 97.0 Å². The summed E-state index contributed by atoms with van der Waals surface area (Å²) in [7, 11) is 0. The Morgan fingerprint density at radius 3 is 2.88 bits per heavy atom. The molecule has 0 saturated carbocycles. The quantitative estimate of drug-likeness (QED) is 0.470. The Hall–Kier alpha value is -2.87. The Morgan fingerprint density at radius 2 is 2.16 bits per heavy atom. The lowest BCUT2D eigenvalue weighted by molar-refractivity contribution is -0.120. The van der Waals surface area contributed by atoms with Crippen molar-refractivity contribution in [3.05, 3.63) is 46.7 Å². The molecule has 0 aliphatic carbocycles. The van der Waals surface area contributed by atoms with Crippen molar-refractivity contribution >= 4 is 40.4 Å². The Bertz CT molecular complexity index is 789. The van der Waals surface area contributed by atoms with Gasteiger partial charge in [0.1, 0.15) is 0 Å². The van der Waals surface area contributed by atoms with Gasteiger partial charge in [-0.05, 0) is 30.0 Å². The number of hydrogen-bond acceptors (Lipinski definition) is 5. The maximum Gasteiger partial charge on any atom is 0.265 e. The lowest BCUT2D eigenvalue weighted by Gasteiger charge is -2.19. The zero-order valence-corrected chi connectivity index (χ0v) is 14.3. The molecule has 1 fully saturated rings. The second kappa shape index (κ2) is 7.80. The van der Waals surface area contributed by atoms with Crippen molar-refractivity contribution in [1.82, 2.24) is 0 Å². The Balaban J connectivity index is 1.60. The lowest BCUT2D eigenvalue weighted by Crippen LogP contribution is -2.26. The van der Waals surface area contributed by atoms with Gasteiger partial charge in [-0.1, -0.05) is 23.4 Å². The zero-order valence-electron chi connectivity index (χ0n) is 13.5. The largest absolute Gasteiger partial charge is 0.384 e. The molecule has 7 nitrogen and oxygen atoms in total. The molecule has 0 spiro atoms. The van der Waals surface area contributed by atoms with Gasteiger partial charge in [0.05, 0.1) is 16.3 Å². The van der Waals surface area contributed by atoms with Gasteiger partial charge < -0.3 is 20.8 Å². The van der Waals surface area contributed by atoms with Crippen LogP contribution in [-0.2, 0) is 14.4 Å². The van der Waals surface area contributed by atoms with Crippen LogP contribution in [0.2, 0.25) is 0 Å². The van der Waals surface area contributed by atoms with E-state index in [2.05, 4.69) is 10.5 Å². The van der Waals surface area contributed by atoms with Crippen molar-refractivity contribution in [1.29, 1.82) is 0 Å². The van der Waals surface area contributed by atoms with Crippen molar-refractivity contribution < 1.29 is 14.4 Å². The first-order valence-electron chi connectivity index (χ1n) is 7.83. The van der Waals surface area contributed by atoms with E-state index in [0.29, 0.717) is 24.3 Å². The molecule has 2 amide bonds. The Labute approximate surface area is 149 Å². The Morgan fingerprint density at radius 1 is 1.32 bits per heavy atom. The van der Waals surface area contributed by atoms with Crippen LogP contribution in [0.1, 0.15) is 17.7 Å². The van der Waals surface area contributed by atoms with Gasteiger partial charge in [-0.3, -0.25) is 9.59 Å². The SMILES string of the molecule is N/C(=N/OCC(=O)Nc1ccccc1N1CCCC1=O)c1cccs1. The number of amides is 2. The highest BCUT2D eigenvalue weighted by Gasteiger charge is 2.24. The summed E-state index contributed by atoms with van der Waals surface area (Å²) < 4.78 is 0. The van der Waals surface area contributed by atoms with Gasteiger partial charge in [0.25, 0.3) is 5.91 Å². The summed E-state index contributed by atoms with van der Waals surface area (Å²) in [6.45, 7) is 0.387. The second-order valence-corrected chi connectivity index (χ2v) is 6.39. The number of nitrogens with one attached hydrogen (secondary N) is 1. The first-order valence-corrected chi connectivity index (χ1v) is 8.71. The zero-order chi connectivity index (χ0) is 17.6. The maximum atomic E-state index is 12.1. The molecule has 1 aromatic carbocycles. The number of amidine groups is 1. The molecule has 130 valence electrons. The Kier molecular flexibility index (Phi) is 5.30. The predicted molar refractivity (Wildman–Crippen MR) is 97.7 cm³/mol. The van der Waals surface area contributed by atoms with Crippen LogP contribution in [0.25, 0.3) is 0 Å². The van der Waals surface area contributed by atoms with Crippen LogP contribution in [0.3, 0.4) is 0 Å². The van der Waals surface area contributed by atoms with E-state index in [-0.39, 0.29) is 24.3 Å². The molecule has 1 aromatic heterocycles. The summed E-state index contributed by atoms with van der Waals surface area (Å²) in [6.07, 6.45) is 1.35. The van der Waals surface area contributed by atoms with Gasteiger partial charge in [0, 0.05) is 13.0 Å². The lowest BCUT2D eigenvalue weighted by atomic mass is 10.2. The normalized spacial score (nSPS) is 14.6. The highest BCUT2D eigenvalue weighted by atomic mass is 32.1.